The van der Waals surface area contributed by atoms with E-state index in [9.17, 15) is 19.5 Å². The van der Waals surface area contributed by atoms with Gasteiger partial charge in [-0.15, -0.1) is 0 Å². The maximum absolute atomic E-state index is 11.4. The SMILES string of the molecule is NC(N)=NC(CCCCCCCCCC(CC(=O)O)C(CC(=O)O)C(=O)O)CCC(N=C(N)N)N=C(N)N. The van der Waals surface area contributed by atoms with Gasteiger partial charge in [0.25, 0.3) is 0 Å². The summed E-state index contributed by atoms with van der Waals surface area (Å²) in [5.74, 6) is -5.85. The van der Waals surface area contributed by atoms with Crippen LogP contribution in [0, 0.1) is 11.8 Å². The van der Waals surface area contributed by atoms with Crippen LogP contribution in [0.15, 0.2) is 15.0 Å². The van der Waals surface area contributed by atoms with Gasteiger partial charge in [0.2, 0.25) is 0 Å². The minimum absolute atomic E-state index is 0.00933. The van der Waals surface area contributed by atoms with Crippen molar-refractivity contribution < 1.29 is 29.7 Å². The van der Waals surface area contributed by atoms with Crippen LogP contribution >= 0.6 is 0 Å². The Morgan fingerprint density at radius 1 is 0.553 bits per heavy atom. The van der Waals surface area contributed by atoms with Gasteiger partial charge in [-0.05, 0) is 31.6 Å². The van der Waals surface area contributed by atoms with Gasteiger partial charge in [-0.25, -0.2) is 9.98 Å². The summed E-state index contributed by atoms with van der Waals surface area (Å²) in [6, 6.07) is -0.134. The van der Waals surface area contributed by atoms with Gasteiger partial charge < -0.3 is 49.7 Å². The molecule has 0 rings (SSSR count). The van der Waals surface area contributed by atoms with Gasteiger partial charge in [0, 0.05) is 6.42 Å². The molecule has 15 nitrogen and oxygen atoms in total. The zero-order valence-electron chi connectivity index (χ0n) is 21.9. The lowest BCUT2D eigenvalue weighted by atomic mass is 9.83. The molecule has 0 heterocycles. The maximum atomic E-state index is 11.4. The Kier molecular flexibility index (Phi) is 17.4. The van der Waals surface area contributed by atoms with E-state index in [-0.39, 0.29) is 30.3 Å². The number of guanidine groups is 3. The number of nitrogens with two attached hydrogens (primary N) is 6. The van der Waals surface area contributed by atoms with Crippen molar-refractivity contribution in [3.8, 4) is 0 Å². The zero-order valence-corrected chi connectivity index (χ0v) is 21.9. The molecule has 0 aliphatic carbocycles. The van der Waals surface area contributed by atoms with E-state index in [4.69, 9.17) is 44.6 Å². The van der Waals surface area contributed by atoms with Gasteiger partial charge >= 0.3 is 17.9 Å². The molecular weight excluding hydrogens is 498 g/mol. The van der Waals surface area contributed by atoms with Gasteiger partial charge in [0.05, 0.1) is 18.4 Å². The molecule has 15 heteroatoms. The third-order valence-electron chi connectivity index (χ3n) is 6.02. The van der Waals surface area contributed by atoms with Crippen LogP contribution in [0.4, 0.5) is 0 Å². The van der Waals surface area contributed by atoms with Crippen molar-refractivity contribution in [3.63, 3.8) is 0 Å². The summed E-state index contributed by atoms with van der Waals surface area (Å²) in [6.45, 7) is 0. The fourth-order valence-corrected chi connectivity index (χ4v) is 4.31. The molecule has 0 radical (unpaired) electrons. The minimum Gasteiger partial charge on any atom is -0.481 e. The van der Waals surface area contributed by atoms with E-state index in [1.54, 1.807) is 0 Å². The van der Waals surface area contributed by atoms with E-state index in [0.717, 1.165) is 44.9 Å². The Labute approximate surface area is 222 Å². The summed E-state index contributed by atoms with van der Waals surface area (Å²) in [6.07, 6.45) is 6.74. The standard InChI is InChI=1S/C23H45N9O6/c24-21(25)30-15(10-11-17(31-22(26)27)32-23(28)29)9-7-5-3-1-2-4-6-8-14(12-18(33)34)16(20(37)38)13-19(35)36/h14-17H,1-13H2,(H,33,34)(H,35,36)(H,37,38)(H4,24,25,30)(H4,26,27,31)(H4,28,29,32). The largest absolute Gasteiger partial charge is 0.481 e. The monoisotopic (exact) mass is 543 g/mol. The second-order valence-corrected chi connectivity index (χ2v) is 9.33. The van der Waals surface area contributed by atoms with E-state index >= 15 is 0 Å². The fourth-order valence-electron chi connectivity index (χ4n) is 4.31. The molecule has 0 amide bonds. The number of aliphatic imine (C=N–C) groups is 3. The molecule has 15 N–H and O–H groups in total. The maximum Gasteiger partial charge on any atom is 0.307 e. The van der Waals surface area contributed by atoms with Crippen molar-refractivity contribution >= 4 is 35.8 Å². The Balaban J connectivity index is 4.47. The second kappa shape index (κ2) is 19.3. The highest BCUT2D eigenvalue weighted by Gasteiger charge is 2.31. The second-order valence-electron chi connectivity index (χ2n) is 9.33. The number of hydrogen-bond acceptors (Lipinski definition) is 6. The lowest BCUT2D eigenvalue weighted by Gasteiger charge is -2.21. The smallest absolute Gasteiger partial charge is 0.307 e. The van der Waals surface area contributed by atoms with Gasteiger partial charge in [0.15, 0.2) is 17.9 Å². The van der Waals surface area contributed by atoms with E-state index in [0.29, 0.717) is 25.7 Å². The summed E-state index contributed by atoms with van der Waals surface area (Å²) in [5, 5.41) is 27.4. The predicted molar refractivity (Wildman–Crippen MR) is 145 cm³/mol. The van der Waals surface area contributed by atoms with E-state index < -0.39 is 42.3 Å². The van der Waals surface area contributed by atoms with Crippen LogP contribution in [0.25, 0.3) is 0 Å². The van der Waals surface area contributed by atoms with Crippen LogP contribution < -0.4 is 34.4 Å². The highest BCUT2D eigenvalue weighted by Crippen LogP contribution is 2.27. The van der Waals surface area contributed by atoms with E-state index in [1.807, 2.05) is 0 Å². The molecule has 3 atom stereocenters. The van der Waals surface area contributed by atoms with Gasteiger partial charge in [-0.2, -0.15) is 0 Å². The number of unbranched alkanes of at least 4 members (excludes halogenated alkanes) is 6. The first-order valence-electron chi connectivity index (χ1n) is 12.7. The molecule has 0 saturated carbocycles. The number of carbonyl (C=O) groups is 3. The van der Waals surface area contributed by atoms with Gasteiger partial charge in [-0.1, -0.05) is 44.9 Å². The third-order valence-corrected chi connectivity index (χ3v) is 6.02. The average molecular weight is 544 g/mol. The molecule has 38 heavy (non-hydrogen) atoms. The van der Waals surface area contributed by atoms with Crippen LogP contribution in [0.3, 0.4) is 0 Å². The molecule has 0 aromatic carbocycles. The molecule has 0 aliphatic rings. The van der Waals surface area contributed by atoms with E-state index in [2.05, 4.69) is 15.0 Å². The number of rotatable bonds is 22. The van der Waals surface area contributed by atoms with Crippen molar-refractivity contribution in [2.45, 2.75) is 95.7 Å². The quantitative estimate of drug-likeness (QED) is 0.0497. The average Bonchev–Trinajstić information content (AvgIpc) is 2.77. The van der Waals surface area contributed by atoms with Crippen molar-refractivity contribution in [3.05, 3.63) is 0 Å². The molecule has 0 aromatic rings. The van der Waals surface area contributed by atoms with Crippen LogP contribution in [0.5, 0.6) is 0 Å². The lowest BCUT2D eigenvalue weighted by molar-refractivity contribution is -0.152. The van der Waals surface area contributed by atoms with Crippen LogP contribution in [-0.2, 0) is 14.4 Å². The Morgan fingerprint density at radius 2 is 1.00 bits per heavy atom. The summed E-state index contributed by atoms with van der Waals surface area (Å²) < 4.78 is 0. The first-order chi connectivity index (χ1) is 17.8. The van der Waals surface area contributed by atoms with Crippen molar-refractivity contribution in [2.75, 3.05) is 0 Å². The van der Waals surface area contributed by atoms with Crippen molar-refractivity contribution in [1.29, 1.82) is 0 Å². The van der Waals surface area contributed by atoms with Crippen molar-refractivity contribution in [2.24, 2.45) is 61.2 Å². The fraction of sp³-hybridized carbons (Fsp3) is 0.739. The summed E-state index contributed by atoms with van der Waals surface area (Å²) in [5.41, 5.74) is 32.8. The zero-order chi connectivity index (χ0) is 29.1. The highest BCUT2D eigenvalue weighted by atomic mass is 16.4. The number of nitrogens with zero attached hydrogens (tertiary/aromatic N) is 3. The van der Waals surface area contributed by atoms with E-state index in [1.165, 1.54) is 0 Å². The van der Waals surface area contributed by atoms with Crippen LogP contribution in [0.2, 0.25) is 0 Å². The Morgan fingerprint density at radius 3 is 1.42 bits per heavy atom. The molecule has 0 saturated heterocycles. The molecule has 0 fully saturated rings. The van der Waals surface area contributed by atoms with Crippen molar-refractivity contribution in [1.82, 2.24) is 0 Å². The molecule has 218 valence electrons. The molecule has 0 aliphatic heterocycles. The molecule has 0 aromatic heterocycles. The number of hydrogen-bond donors (Lipinski definition) is 9. The molecular formula is C23H45N9O6. The normalized spacial score (nSPS) is 13.2. The number of aliphatic carboxylic acids is 3. The summed E-state index contributed by atoms with van der Waals surface area (Å²) in [7, 11) is 0. The summed E-state index contributed by atoms with van der Waals surface area (Å²) in [4.78, 5) is 45.8. The molecule has 3 unspecified atom stereocenters. The highest BCUT2D eigenvalue weighted by molar-refractivity contribution is 5.79. The van der Waals surface area contributed by atoms with Gasteiger partial charge in [-0.3, -0.25) is 19.4 Å². The number of carboxylic acid groups (broad SMARTS) is 3. The Hall–Kier alpha value is -3.78. The first kappa shape index (κ1) is 34.2. The van der Waals surface area contributed by atoms with Crippen LogP contribution in [0.1, 0.15) is 83.5 Å². The molecule has 0 bridgehead atoms. The predicted octanol–water partition coefficient (Wildman–Crippen LogP) is 0.0588. The van der Waals surface area contributed by atoms with Gasteiger partial charge in [0.1, 0.15) is 6.17 Å². The molecule has 0 spiro atoms. The lowest BCUT2D eigenvalue weighted by Crippen LogP contribution is -2.29. The third kappa shape index (κ3) is 18.5. The first-order valence-corrected chi connectivity index (χ1v) is 12.7. The van der Waals surface area contributed by atoms with Crippen LogP contribution in [-0.4, -0.2) is 63.3 Å². The Bertz CT molecular complexity index is 804. The number of carboxylic acids is 3. The minimum atomic E-state index is -1.28. The topological polar surface area (TPSA) is 305 Å². The summed E-state index contributed by atoms with van der Waals surface area (Å²) >= 11 is 0.